The number of likely N-dealkylation sites (tertiary alicyclic amines) is 1. The SMILES string of the molecule is ClCCCC1(N2CCCCC2)C=CC=CC1. The fraction of sp³-hybridized carbons (Fsp3) is 0.714. The first-order valence-corrected chi connectivity index (χ1v) is 7.06. The molecule has 1 fully saturated rings. The van der Waals surface area contributed by atoms with Crippen molar-refractivity contribution in [3.63, 3.8) is 0 Å². The first-order valence-electron chi connectivity index (χ1n) is 6.53. The molecule has 0 N–H and O–H groups in total. The molecule has 0 radical (unpaired) electrons. The number of allylic oxidation sites excluding steroid dienone is 2. The lowest BCUT2D eigenvalue weighted by Gasteiger charge is -2.44. The highest BCUT2D eigenvalue weighted by molar-refractivity contribution is 6.17. The molecule has 1 aliphatic carbocycles. The quantitative estimate of drug-likeness (QED) is 0.676. The zero-order chi connectivity index (χ0) is 11.3. The molecule has 0 aromatic heterocycles. The highest BCUT2D eigenvalue weighted by Gasteiger charge is 2.33. The van der Waals surface area contributed by atoms with Crippen molar-refractivity contribution in [3.05, 3.63) is 24.3 Å². The van der Waals surface area contributed by atoms with Crippen molar-refractivity contribution in [1.82, 2.24) is 4.90 Å². The second kappa shape index (κ2) is 5.88. The van der Waals surface area contributed by atoms with E-state index in [1.54, 1.807) is 0 Å². The van der Waals surface area contributed by atoms with E-state index in [1.807, 2.05) is 0 Å². The minimum absolute atomic E-state index is 0.282. The smallest absolute Gasteiger partial charge is 0.0429 e. The Morgan fingerprint density at radius 2 is 1.94 bits per heavy atom. The number of hydrogen-bond donors (Lipinski definition) is 0. The van der Waals surface area contributed by atoms with Gasteiger partial charge < -0.3 is 0 Å². The third-order valence-corrected chi connectivity index (χ3v) is 4.12. The average Bonchev–Trinajstić information content (AvgIpc) is 2.38. The number of alkyl halides is 1. The van der Waals surface area contributed by atoms with Crippen LogP contribution < -0.4 is 0 Å². The Bertz CT molecular complexity index is 266. The van der Waals surface area contributed by atoms with E-state index in [9.17, 15) is 0 Å². The maximum atomic E-state index is 5.86. The summed E-state index contributed by atoms with van der Waals surface area (Å²) < 4.78 is 0. The van der Waals surface area contributed by atoms with Gasteiger partial charge in [-0.1, -0.05) is 30.7 Å². The largest absolute Gasteiger partial charge is 0.294 e. The summed E-state index contributed by atoms with van der Waals surface area (Å²) in [5, 5.41) is 0. The highest BCUT2D eigenvalue weighted by atomic mass is 35.5. The van der Waals surface area contributed by atoms with Crippen LogP contribution in [0.5, 0.6) is 0 Å². The van der Waals surface area contributed by atoms with Gasteiger partial charge in [0.1, 0.15) is 0 Å². The zero-order valence-corrected chi connectivity index (χ0v) is 10.8. The topological polar surface area (TPSA) is 3.24 Å². The predicted molar refractivity (Wildman–Crippen MR) is 71.0 cm³/mol. The van der Waals surface area contributed by atoms with Crippen LogP contribution in [0.15, 0.2) is 24.3 Å². The van der Waals surface area contributed by atoms with Gasteiger partial charge in [0.15, 0.2) is 0 Å². The molecule has 1 aliphatic heterocycles. The molecule has 1 unspecified atom stereocenters. The summed E-state index contributed by atoms with van der Waals surface area (Å²) in [7, 11) is 0. The van der Waals surface area contributed by atoms with E-state index in [0.29, 0.717) is 0 Å². The Balaban J connectivity index is 2.06. The molecule has 2 rings (SSSR count). The van der Waals surface area contributed by atoms with Crippen molar-refractivity contribution >= 4 is 11.6 Å². The van der Waals surface area contributed by atoms with Crippen LogP contribution in [0, 0.1) is 0 Å². The normalized spacial score (nSPS) is 30.8. The molecular weight excluding hydrogens is 218 g/mol. The van der Waals surface area contributed by atoms with Gasteiger partial charge in [-0.25, -0.2) is 0 Å². The third kappa shape index (κ3) is 2.70. The molecule has 1 nitrogen and oxygen atoms in total. The van der Waals surface area contributed by atoms with Crippen molar-refractivity contribution in [2.75, 3.05) is 19.0 Å². The van der Waals surface area contributed by atoms with Gasteiger partial charge in [-0.2, -0.15) is 0 Å². The maximum Gasteiger partial charge on any atom is 0.0429 e. The first kappa shape index (κ1) is 12.2. The van der Waals surface area contributed by atoms with Crippen LogP contribution in [0.4, 0.5) is 0 Å². The minimum Gasteiger partial charge on any atom is -0.294 e. The van der Waals surface area contributed by atoms with Gasteiger partial charge in [-0.05, 0) is 45.2 Å². The van der Waals surface area contributed by atoms with Crippen LogP contribution in [0.3, 0.4) is 0 Å². The van der Waals surface area contributed by atoms with Crippen LogP contribution in [0.25, 0.3) is 0 Å². The third-order valence-electron chi connectivity index (χ3n) is 3.85. The van der Waals surface area contributed by atoms with Crippen LogP contribution in [-0.4, -0.2) is 29.4 Å². The lowest BCUT2D eigenvalue weighted by molar-refractivity contribution is 0.0968. The molecule has 16 heavy (non-hydrogen) atoms. The van der Waals surface area contributed by atoms with Crippen LogP contribution in [-0.2, 0) is 0 Å². The fourth-order valence-corrected chi connectivity index (χ4v) is 3.08. The molecule has 2 aliphatic rings. The minimum atomic E-state index is 0.282. The molecule has 90 valence electrons. The Morgan fingerprint density at radius 1 is 1.12 bits per heavy atom. The average molecular weight is 240 g/mol. The number of piperidine rings is 1. The molecule has 1 saturated heterocycles. The van der Waals surface area contributed by atoms with Crippen LogP contribution in [0.2, 0.25) is 0 Å². The lowest BCUT2D eigenvalue weighted by Crippen LogP contribution is -2.50. The van der Waals surface area contributed by atoms with Crippen LogP contribution in [0.1, 0.15) is 38.5 Å². The molecule has 0 amide bonds. The van der Waals surface area contributed by atoms with Gasteiger partial charge in [-0.15, -0.1) is 11.6 Å². The molecule has 0 spiro atoms. The summed E-state index contributed by atoms with van der Waals surface area (Å²) >= 11 is 5.86. The highest BCUT2D eigenvalue weighted by Crippen LogP contribution is 2.32. The zero-order valence-electron chi connectivity index (χ0n) is 10.00. The summed E-state index contributed by atoms with van der Waals surface area (Å²) in [4.78, 5) is 2.68. The summed E-state index contributed by atoms with van der Waals surface area (Å²) in [5.74, 6) is 0.785. The summed E-state index contributed by atoms with van der Waals surface area (Å²) in [6.45, 7) is 2.53. The van der Waals surface area contributed by atoms with Gasteiger partial charge in [-0.3, -0.25) is 4.90 Å². The van der Waals surface area contributed by atoms with E-state index in [2.05, 4.69) is 29.2 Å². The lowest BCUT2D eigenvalue weighted by atomic mass is 9.83. The number of halogens is 1. The van der Waals surface area contributed by atoms with E-state index in [4.69, 9.17) is 11.6 Å². The summed E-state index contributed by atoms with van der Waals surface area (Å²) in [6, 6.07) is 0. The van der Waals surface area contributed by atoms with Gasteiger partial charge >= 0.3 is 0 Å². The Labute approximate surface area is 104 Å². The molecule has 0 aromatic carbocycles. The molecule has 1 heterocycles. The van der Waals surface area contributed by atoms with Crippen molar-refractivity contribution in [2.45, 2.75) is 44.1 Å². The summed E-state index contributed by atoms with van der Waals surface area (Å²) in [5.41, 5.74) is 0.282. The molecule has 1 atom stereocenters. The van der Waals surface area contributed by atoms with E-state index < -0.39 is 0 Å². The second-order valence-corrected chi connectivity index (χ2v) is 5.31. The second-order valence-electron chi connectivity index (χ2n) is 4.94. The number of hydrogen-bond acceptors (Lipinski definition) is 1. The standard InChI is InChI=1S/C14H22ClN/c15-11-7-10-14(8-3-1-4-9-14)16-12-5-2-6-13-16/h1,3-4,8H,2,5-7,9-13H2. The van der Waals surface area contributed by atoms with Crippen molar-refractivity contribution in [2.24, 2.45) is 0 Å². The summed E-state index contributed by atoms with van der Waals surface area (Å²) in [6.07, 6.45) is 16.7. The maximum absolute atomic E-state index is 5.86. The van der Waals surface area contributed by atoms with Gasteiger partial charge in [0.2, 0.25) is 0 Å². The van der Waals surface area contributed by atoms with E-state index >= 15 is 0 Å². The first-order chi connectivity index (χ1) is 7.87. The molecular formula is C14H22ClN. The Hall–Kier alpha value is -0.270. The van der Waals surface area contributed by atoms with Gasteiger partial charge in [0, 0.05) is 11.4 Å². The fourth-order valence-electron chi connectivity index (χ4n) is 2.94. The number of nitrogens with zero attached hydrogens (tertiary/aromatic N) is 1. The van der Waals surface area contributed by atoms with Gasteiger partial charge in [0.05, 0.1) is 0 Å². The van der Waals surface area contributed by atoms with E-state index in [-0.39, 0.29) is 5.54 Å². The Morgan fingerprint density at radius 3 is 2.56 bits per heavy atom. The van der Waals surface area contributed by atoms with Crippen molar-refractivity contribution < 1.29 is 0 Å². The van der Waals surface area contributed by atoms with Crippen molar-refractivity contribution in [3.8, 4) is 0 Å². The van der Waals surface area contributed by atoms with E-state index in [1.165, 1.54) is 45.2 Å². The van der Waals surface area contributed by atoms with E-state index in [0.717, 1.165) is 12.3 Å². The monoisotopic (exact) mass is 239 g/mol. The van der Waals surface area contributed by atoms with Gasteiger partial charge in [0.25, 0.3) is 0 Å². The molecule has 0 aromatic rings. The Kier molecular flexibility index (Phi) is 4.48. The van der Waals surface area contributed by atoms with Crippen LogP contribution >= 0.6 is 11.6 Å². The molecule has 0 saturated carbocycles. The van der Waals surface area contributed by atoms with Crippen molar-refractivity contribution in [1.29, 1.82) is 0 Å². The molecule has 2 heteroatoms. The molecule has 0 bridgehead atoms. The number of rotatable bonds is 4. The predicted octanol–water partition coefficient (Wildman–Crippen LogP) is 3.75.